The van der Waals surface area contributed by atoms with Gasteiger partial charge in [0.05, 0.1) is 18.0 Å². The molecular weight excluding hydrogens is 342 g/mol. The minimum absolute atomic E-state index is 0.308. The standard InChI is InChI=1S/C20H17N5O2/c1-13-8-15(11-21-10-13)27-16-9-17(19-22-6-7-25(19)12-16)20(26)24-18-5-3-4-14(2)23-18/h3-12H,1-2H3,(H,23,24,26). The van der Waals surface area contributed by atoms with Crippen LogP contribution in [0.5, 0.6) is 11.5 Å². The van der Waals surface area contributed by atoms with Gasteiger partial charge in [-0.05, 0) is 43.7 Å². The van der Waals surface area contributed by atoms with Crippen molar-refractivity contribution in [3.63, 3.8) is 0 Å². The Hall–Kier alpha value is -3.74. The van der Waals surface area contributed by atoms with Crippen LogP contribution in [-0.2, 0) is 0 Å². The molecule has 0 aliphatic heterocycles. The summed E-state index contributed by atoms with van der Waals surface area (Å²) in [7, 11) is 0. The maximum Gasteiger partial charge on any atom is 0.260 e. The van der Waals surface area contributed by atoms with Crippen molar-refractivity contribution in [2.75, 3.05) is 5.32 Å². The second-order valence-electron chi connectivity index (χ2n) is 6.17. The maximum atomic E-state index is 12.8. The average molecular weight is 359 g/mol. The summed E-state index contributed by atoms with van der Waals surface area (Å²) in [5.74, 6) is 1.28. The molecule has 0 bridgehead atoms. The summed E-state index contributed by atoms with van der Waals surface area (Å²) in [4.78, 5) is 25.5. The summed E-state index contributed by atoms with van der Waals surface area (Å²) in [5.41, 5.74) is 2.73. The largest absolute Gasteiger partial charge is 0.454 e. The summed E-state index contributed by atoms with van der Waals surface area (Å²) in [5, 5.41) is 2.81. The fraction of sp³-hybridized carbons (Fsp3) is 0.100. The molecule has 0 fully saturated rings. The third-order valence-electron chi connectivity index (χ3n) is 3.92. The average Bonchev–Trinajstić information content (AvgIpc) is 3.09. The Morgan fingerprint density at radius 2 is 2.04 bits per heavy atom. The van der Waals surface area contributed by atoms with E-state index in [2.05, 4.69) is 20.3 Å². The van der Waals surface area contributed by atoms with Crippen LogP contribution in [0, 0.1) is 13.8 Å². The molecule has 0 spiro atoms. The topological polar surface area (TPSA) is 81.4 Å². The van der Waals surface area contributed by atoms with Crippen molar-refractivity contribution in [3.8, 4) is 11.5 Å². The van der Waals surface area contributed by atoms with Crippen LogP contribution in [0.4, 0.5) is 5.82 Å². The molecule has 1 N–H and O–H groups in total. The SMILES string of the molecule is Cc1cncc(Oc2cc(C(=O)Nc3cccc(C)n3)c3nccn3c2)c1. The van der Waals surface area contributed by atoms with Gasteiger partial charge in [0.1, 0.15) is 23.0 Å². The summed E-state index contributed by atoms with van der Waals surface area (Å²) >= 11 is 0. The number of nitrogens with one attached hydrogen (secondary N) is 1. The predicted molar refractivity (Wildman–Crippen MR) is 101 cm³/mol. The van der Waals surface area contributed by atoms with Gasteiger partial charge in [-0.3, -0.25) is 9.78 Å². The molecular formula is C20H17N5O2. The molecule has 7 heteroatoms. The van der Waals surface area contributed by atoms with E-state index in [4.69, 9.17) is 4.74 Å². The molecule has 7 nitrogen and oxygen atoms in total. The lowest BCUT2D eigenvalue weighted by Gasteiger charge is -2.10. The van der Waals surface area contributed by atoms with E-state index >= 15 is 0 Å². The number of nitrogens with zero attached hydrogens (tertiary/aromatic N) is 4. The van der Waals surface area contributed by atoms with E-state index in [1.54, 1.807) is 47.5 Å². The van der Waals surface area contributed by atoms with Crippen molar-refractivity contribution in [2.24, 2.45) is 0 Å². The molecule has 0 aliphatic rings. The smallest absolute Gasteiger partial charge is 0.260 e. The Labute approximate surface area is 155 Å². The maximum absolute atomic E-state index is 12.8. The molecule has 4 heterocycles. The van der Waals surface area contributed by atoms with E-state index in [0.29, 0.717) is 28.5 Å². The van der Waals surface area contributed by atoms with Gasteiger partial charge in [-0.1, -0.05) is 6.07 Å². The Bertz CT molecular complexity index is 1140. The highest BCUT2D eigenvalue weighted by Crippen LogP contribution is 2.25. The fourth-order valence-electron chi connectivity index (χ4n) is 2.75. The minimum Gasteiger partial charge on any atom is -0.454 e. The van der Waals surface area contributed by atoms with Crippen LogP contribution in [0.1, 0.15) is 21.6 Å². The number of hydrogen-bond acceptors (Lipinski definition) is 5. The lowest BCUT2D eigenvalue weighted by molar-refractivity contribution is 0.102. The summed E-state index contributed by atoms with van der Waals surface area (Å²) in [6.45, 7) is 3.81. The van der Waals surface area contributed by atoms with Crippen molar-refractivity contribution in [1.82, 2.24) is 19.4 Å². The van der Waals surface area contributed by atoms with E-state index < -0.39 is 0 Å². The molecule has 0 saturated carbocycles. The van der Waals surface area contributed by atoms with Crippen molar-refractivity contribution < 1.29 is 9.53 Å². The van der Waals surface area contributed by atoms with Gasteiger partial charge in [-0.25, -0.2) is 9.97 Å². The normalized spacial score (nSPS) is 10.7. The molecule has 0 radical (unpaired) electrons. The number of pyridine rings is 3. The van der Waals surface area contributed by atoms with Gasteiger partial charge < -0.3 is 14.5 Å². The Morgan fingerprint density at radius 3 is 2.85 bits per heavy atom. The zero-order valence-electron chi connectivity index (χ0n) is 14.9. The number of fused-ring (bicyclic) bond motifs is 1. The molecule has 0 unspecified atom stereocenters. The van der Waals surface area contributed by atoms with Crippen LogP contribution in [0.25, 0.3) is 5.65 Å². The first-order valence-corrected chi connectivity index (χ1v) is 8.40. The van der Waals surface area contributed by atoms with E-state index in [0.717, 1.165) is 11.3 Å². The molecule has 4 rings (SSSR count). The van der Waals surface area contributed by atoms with Crippen LogP contribution >= 0.6 is 0 Å². The zero-order chi connectivity index (χ0) is 18.8. The van der Waals surface area contributed by atoms with Gasteiger partial charge in [0.25, 0.3) is 5.91 Å². The van der Waals surface area contributed by atoms with Crippen molar-refractivity contribution in [3.05, 3.63) is 78.1 Å². The molecule has 0 aliphatic carbocycles. The van der Waals surface area contributed by atoms with Crippen LogP contribution in [-0.4, -0.2) is 25.3 Å². The van der Waals surface area contributed by atoms with E-state index in [1.807, 2.05) is 32.0 Å². The van der Waals surface area contributed by atoms with Crippen LogP contribution in [0.15, 0.2) is 61.3 Å². The van der Waals surface area contributed by atoms with Gasteiger partial charge in [0.15, 0.2) is 0 Å². The zero-order valence-corrected chi connectivity index (χ0v) is 14.9. The molecule has 4 aromatic heterocycles. The quantitative estimate of drug-likeness (QED) is 0.600. The molecule has 27 heavy (non-hydrogen) atoms. The van der Waals surface area contributed by atoms with Gasteiger partial charge in [0, 0.05) is 24.3 Å². The third kappa shape index (κ3) is 3.62. The minimum atomic E-state index is -0.308. The summed E-state index contributed by atoms with van der Waals surface area (Å²) in [6, 6.07) is 8.99. The van der Waals surface area contributed by atoms with Crippen LogP contribution in [0.3, 0.4) is 0 Å². The van der Waals surface area contributed by atoms with E-state index in [9.17, 15) is 4.79 Å². The lowest BCUT2D eigenvalue weighted by Crippen LogP contribution is -2.14. The second kappa shape index (κ2) is 6.87. The fourth-order valence-corrected chi connectivity index (χ4v) is 2.75. The number of ether oxygens (including phenoxy) is 1. The number of aromatic nitrogens is 4. The van der Waals surface area contributed by atoms with Crippen molar-refractivity contribution in [2.45, 2.75) is 13.8 Å². The van der Waals surface area contributed by atoms with E-state index in [1.165, 1.54) is 0 Å². The summed E-state index contributed by atoms with van der Waals surface area (Å²) in [6.07, 6.45) is 8.54. The Balaban J connectivity index is 1.69. The summed E-state index contributed by atoms with van der Waals surface area (Å²) < 4.78 is 7.64. The number of rotatable bonds is 4. The van der Waals surface area contributed by atoms with Crippen LogP contribution < -0.4 is 10.1 Å². The number of carbonyl (C=O) groups is 1. The lowest BCUT2D eigenvalue weighted by atomic mass is 10.2. The first-order valence-electron chi connectivity index (χ1n) is 8.40. The third-order valence-corrected chi connectivity index (χ3v) is 3.92. The number of aryl methyl sites for hydroxylation is 2. The first kappa shape index (κ1) is 16.7. The predicted octanol–water partition coefficient (Wildman–Crippen LogP) is 3.79. The number of amides is 1. The molecule has 0 saturated heterocycles. The van der Waals surface area contributed by atoms with Gasteiger partial charge >= 0.3 is 0 Å². The number of hydrogen-bond donors (Lipinski definition) is 1. The van der Waals surface area contributed by atoms with Crippen molar-refractivity contribution in [1.29, 1.82) is 0 Å². The highest BCUT2D eigenvalue weighted by atomic mass is 16.5. The first-order chi connectivity index (χ1) is 13.1. The highest BCUT2D eigenvalue weighted by Gasteiger charge is 2.15. The van der Waals surface area contributed by atoms with E-state index in [-0.39, 0.29) is 5.91 Å². The van der Waals surface area contributed by atoms with Gasteiger partial charge in [-0.15, -0.1) is 0 Å². The monoisotopic (exact) mass is 359 g/mol. The molecule has 134 valence electrons. The van der Waals surface area contributed by atoms with Gasteiger partial charge in [-0.2, -0.15) is 0 Å². The molecule has 1 amide bonds. The van der Waals surface area contributed by atoms with Gasteiger partial charge in [0.2, 0.25) is 0 Å². The Kier molecular flexibility index (Phi) is 4.25. The highest BCUT2D eigenvalue weighted by molar-refractivity contribution is 6.08. The molecule has 4 aromatic rings. The number of carbonyl (C=O) groups excluding carboxylic acids is 1. The Morgan fingerprint density at radius 1 is 1.15 bits per heavy atom. The second-order valence-corrected chi connectivity index (χ2v) is 6.17. The van der Waals surface area contributed by atoms with Crippen molar-refractivity contribution >= 4 is 17.4 Å². The number of anilines is 1. The van der Waals surface area contributed by atoms with Crippen LogP contribution in [0.2, 0.25) is 0 Å². The number of imidazole rings is 1. The molecule has 0 aromatic carbocycles. The molecule has 0 atom stereocenters.